The van der Waals surface area contributed by atoms with Crippen LogP contribution in [-0.4, -0.2) is 34.8 Å². The monoisotopic (exact) mass is 380 g/mol. The minimum absolute atomic E-state index is 0.0401. The zero-order chi connectivity index (χ0) is 19.8. The van der Waals surface area contributed by atoms with Crippen molar-refractivity contribution >= 4 is 17.5 Å². The lowest BCUT2D eigenvalue weighted by atomic mass is 9.98. The normalized spacial score (nSPS) is 15.6. The summed E-state index contributed by atoms with van der Waals surface area (Å²) in [6.07, 6.45) is 7.46. The van der Waals surface area contributed by atoms with Crippen LogP contribution in [-0.2, 0) is 16.1 Å². The third-order valence-corrected chi connectivity index (χ3v) is 5.07. The fourth-order valence-electron chi connectivity index (χ4n) is 3.63. The van der Waals surface area contributed by atoms with E-state index in [1.54, 1.807) is 12.4 Å². The highest BCUT2D eigenvalue weighted by Gasteiger charge is 2.24. The number of benzene rings is 1. The average molecular weight is 380 g/mol. The van der Waals surface area contributed by atoms with Crippen LogP contribution in [0.25, 0.3) is 0 Å². The van der Waals surface area contributed by atoms with Gasteiger partial charge in [-0.25, -0.2) is 0 Å². The van der Waals surface area contributed by atoms with E-state index < -0.39 is 0 Å². The van der Waals surface area contributed by atoms with E-state index in [-0.39, 0.29) is 17.9 Å². The molecule has 2 N–H and O–H groups in total. The third kappa shape index (κ3) is 5.89. The fraction of sp³-hybridized carbons (Fsp3) is 0.409. The lowest BCUT2D eigenvalue weighted by Gasteiger charge is -2.34. The van der Waals surface area contributed by atoms with Crippen LogP contribution in [0.5, 0.6) is 0 Å². The van der Waals surface area contributed by atoms with Crippen molar-refractivity contribution in [1.82, 2.24) is 15.2 Å². The molecule has 148 valence electrons. The number of aromatic nitrogens is 1. The van der Waals surface area contributed by atoms with Crippen molar-refractivity contribution in [1.29, 1.82) is 0 Å². The summed E-state index contributed by atoms with van der Waals surface area (Å²) in [4.78, 5) is 30.3. The van der Waals surface area contributed by atoms with Crippen LogP contribution in [0.4, 0.5) is 5.69 Å². The Bertz CT molecular complexity index is 771. The molecule has 2 aromatic rings. The highest BCUT2D eigenvalue weighted by molar-refractivity contribution is 5.88. The molecule has 28 heavy (non-hydrogen) atoms. The van der Waals surface area contributed by atoms with Crippen molar-refractivity contribution in [3.63, 3.8) is 0 Å². The number of likely N-dealkylation sites (tertiary alicyclic amines) is 1. The molecular formula is C22H28N4O2. The lowest BCUT2D eigenvalue weighted by Crippen LogP contribution is -2.37. The molecule has 2 heterocycles. The third-order valence-electron chi connectivity index (χ3n) is 5.07. The summed E-state index contributed by atoms with van der Waals surface area (Å²) in [7, 11) is 0. The number of carbonyl (C=O) groups is 2. The summed E-state index contributed by atoms with van der Waals surface area (Å²) >= 11 is 0. The van der Waals surface area contributed by atoms with Crippen molar-refractivity contribution in [3.8, 4) is 0 Å². The Hall–Kier alpha value is -2.73. The SMILES string of the molecule is CC(=O)Nc1ccc(C(CC(=O)NCc2ccncc2)N2CCCCC2)cc1. The van der Waals surface area contributed by atoms with E-state index in [0.29, 0.717) is 13.0 Å². The molecule has 0 saturated carbocycles. The van der Waals surface area contributed by atoms with Crippen LogP contribution in [0, 0.1) is 0 Å². The highest BCUT2D eigenvalue weighted by Crippen LogP contribution is 2.28. The van der Waals surface area contributed by atoms with Gasteiger partial charge in [-0.2, -0.15) is 0 Å². The lowest BCUT2D eigenvalue weighted by molar-refractivity contribution is -0.122. The number of nitrogens with one attached hydrogen (secondary N) is 2. The zero-order valence-electron chi connectivity index (χ0n) is 16.4. The predicted octanol–water partition coefficient (Wildman–Crippen LogP) is 3.27. The molecule has 0 bridgehead atoms. The smallest absolute Gasteiger partial charge is 0.222 e. The minimum Gasteiger partial charge on any atom is -0.352 e. The molecule has 1 aromatic carbocycles. The first kappa shape index (κ1) is 20.0. The van der Waals surface area contributed by atoms with E-state index in [2.05, 4.69) is 20.5 Å². The van der Waals surface area contributed by atoms with Gasteiger partial charge in [-0.3, -0.25) is 19.5 Å². The van der Waals surface area contributed by atoms with Gasteiger partial charge in [0.1, 0.15) is 0 Å². The average Bonchev–Trinajstić information content (AvgIpc) is 2.72. The summed E-state index contributed by atoms with van der Waals surface area (Å²) in [6.45, 7) is 4.03. The van der Waals surface area contributed by atoms with Crippen molar-refractivity contribution in [3.05, 3.63) is 59.9 Å². The summed E-state index contributed by atoms with van der Waals surface area (Å²) < 4.78 is 0. The van der Waals surface area contributed by atoms with Gasteiger partial charge in [-0.05, 0) is 61.3 Å². The molecule has 6 nitrogen and oxygen atoms in total. The van der Waals surface area contributed by atoms with E-state index in [4.69, 9.17) is 0 Å². The number of pyridine rings is 1. The van der Waals surface area contributed by atoms with Crippen LogP contribution < -0.4 is 10.6 Å². The molecule has 6 heteroatoms. The maximum atomic E-state index is 12.6. The molecule has 1 fully saturated rings. The van der Waals surface area contributed by atoms with Gasteiger partial charge in [0.25, 0.3) is 0 Å². The number of amides is 2. The molecule has 1 aliphatic rings. The maximum Gasteiger partial charge on any atom is 0.222 e. The van der Waals surface area contributed by atoms with Crippen molar-refractivity contribution < 1.29 is 9.59 Å². The summed E-state index contributed by atoms with van der Waals surface area (Å²) in [5.41, 5.74) is 2.92. The molecular weight excluding hydrogens is 352 g/mol. The Kier molecular flexibility index (Phi) is 7.14. The number of hydrogen-bond acceptors (Lipinski definition) is 4. The summed E-state index contributed by atoms with van der Waals surface area (Å²) in [5.74, 6) is -0.0471. The van der Waals surface area contributed by atoms with E-state index in [9.17, 15) is 9.59 Å². The quantitative estimate of drug-likeness (QED) is 0.773. The first-order valence-corrected chi connectivity index (χ1v) is 9.89. The number of nitrogens with zero attached hydrogens (tertiary/aromatic N) is 2. The van der Waals surface area contributed by atoms with Crippen LogP contribution in [0.3, 0.4) is 0 Å². The van der Waals surface area contributed by atoms with E-state index in [0.717, 1.165) is 29.9 Å². The Morgan fingerprint density at radius 3 is 2.36 bits per heavy atom. The summed E-state index contributed by atoms with van der Waals surface area (Å²) in [5, 5.41) is 5.82. The summed E-state index contributed by atoms with van der Waals surface area (Å²) in [6, 6.07) is 11.7. The molecule has 1 aromatic heterocycles. The second-order valence-corrected chi connectivity index (χ2v) is 7.25. The first-order valence-electron chi connectivity index (χ1n) is 9.89. The Labute approximate surface area is 166 Å². The maximum absolute atomic E-state index is 12.6. The van der Waals surface area contributed by atoms with Crippen molar-refractivity contribution in [2.45, 2.75) is 45.2 Å². The molecule has 0 spiro atoms. The Morgan fingerprint density at radius 2 is 1.71 bits per heavy atom. The van der Waals surface area contributed by atoms with Gasteiger partial charge < -0.3 is 10.6 Å². The molecule has 1 saturated heterocycles. The predicted molar refractivity (Wildman–Crippen MR) is 110 cm³/mol. The van der Waals surface area contributed by atoms with E-state index >= 15 is 0 Å². The topological polar surface area (TPSA) is 74.3 Å². The molecule has 2 amide bonds. The zero-order valence-corrected chi connectivity index (χ0v) is 16.4. The van der Waals surface area contributed by atoms with Gasteiger partial charge in [0.05, 0.1) is 0 Å². The van der Waals surface area contributed by atoms with Gasteiger partial charge in [0, 0.05) is 44.0 Å². The molecule has 3 rings (SSSR count). The number of carbonyl (C=O) groups excluding carboxylic acids is 2. The van der Waals surface area contributed by atoms with Crippen LogP contribution in [0.1, 0.15) is 49.8 Å². The van der Waals surface area contributed by atoms with Gasteiger partial charge in [0.15, 0.2) is 0 Å². The Balaban J connectivity index is 1.67. The van der Waals surface area contributed by atoms with Gasteiger partial charge in [-0.1, -0.05) is 18.6 Å². The fourth-order valence-corrected chi connectivity index (χ4v) is 3.63. The van der Waals surface area contributed by atoms with E-state index in [1.807, 2.05) is 36.4 Å². The standard InChI is InChI=1S/C22H28N4O2/c1-17(27)25-20-7-5-19(6-8-20)21(26-13-3-2-4-14-26)15-22(28)24-16-18-9-11-23-12-10-18/h5-12,21H,2-4,13-16H2,1H3,(H,24,28)(H,25,27). The van der Waals surface area contributed by atoms with Crippen LogP contribution in [0.15, 0.2) is 48.8 Å². The highest BCUT2D eigenvalue weighted by atomic mass is 16.2. The number of rotatable bonds is 7. The molecule has 1 atom stereocenters. The second-order valence-electron chi connectivity index (χ2n) is 7.25. The number of hydrogen-bond donors (Lipinski definition) is 2. The van der Waals surface area contributed by atoms with Gasteiger partial charge in [0.2, 0.25) is 11.8 Å². The first-order chi connectivity index (χ1) is 13.6. The second kappa shape index (κ2) is 9.99. The van der Waals surface area contributed by atoms with Gasteiger partial charge >= 0.3 is 0 Å². The van der Waals surface area contributed by atoms with Crippen LogP contribution >= 0.6 is 0 Å². The van der Waals surface area contributed by atoms with Crippen molar-refractivity contribution in [2.75, 3.05) is 18.4 Å². The van der Waals surface area contributed by atoms with Gasteiger partial charge in [-0.15, -0.1) is 0 Å². The molecule has 1 aliphatic heterocycles. The minimum atomic E-state index is -0.0872. The molecule has 0 radical (unpaired) electrons. The van der Waals surface area contributed by atoms with E-state index in [1.165, 1.54) is 26.2 Å². The molecule has 0 aliphatic carbocycles. The molecule has 1 unspecified atom stereocenters. The van der Waals surface area contributed by atoms with Crippen LogP contribution in [0.2, 0.25) is 0 Å². The number of anilines is 1. The Morgan fingerprint density at radius 1 is 1.04 bits per heavy atom. The largest absolute Gasteiger partial charge is 0.352 e. The van der Waals surface area contributed by atoms with Crippen molar-refractivity contribution in [2.24, 2.45) is 0 Å². The number of piperidine rings is 1.